The van der Waals surface area contributed by atoms with Crippen LogP contribution in [-0.2, 0) is 10.0 Å². The normalized spacial score (nSPS) is 12.6. The zero-order valence-corrected chi connectivity index (χ0v) is 12.5. The largest absolute Gasteiger partial charge is 0.396 e. The molecule has 0 fully saturated rings. The molecule has 5 nitrogen and oxygen atoms in total. The predicted octanol–water partition coefficient (Wildman–Crippen LogP) is 1.48. The van der Waals surface area contributed by atoms with E-state index in [9.17, 15) is 17.9 Å². The van der Waals surface area contributed by atoms with E-state index in [1.165, 1.54) is 0 Å². The smallest absolute Gasteiger partial charge is 0.240 e. The van der Waals surface area contributed by atoms with Crippen LogP contribution in [0.4, 0.5) is 10.1 Å². The molecule has 0 radical (unpaired) electrons. The Bertz CT molecular complexity index is 548. The minimum Gasteiger partial charge on any atom is -0.396 e. The lowest BCUT2D eigenvalue weighted by molar-refractivity contribution is 0.119. The summed E-state index contributed by atoms with van der Waals surface area (Å²) < 4.78 is 39.7. The lowest BCUT2D eigenvalue weighted by Crippen LogP contribution is -2.39. The fourth-order valence-electron chi connectivity index (χ4n) is 1.80. The quantitative estimate of drug-likeness (QED) is 0.665. The van der Waals surface area contributed by atoms with E-state index in [1.54, 1.807) is 0 Å². The summed E-state index contributed by atoms with van der Waals surface area (Å²) in [6.07, 6.45) is 1.29. The number of nitrogen functional groups attached to an aromatic ring is 1. The summed E-state index contributed by atoms with van der Waals surface area (Å²) in [5, 5.41) is 9.42. The third-order valence-electron chi connectivity index (χ3n) is 3.75. The van der Waals surface area contributed by atoms with Crippen LogP contribution in [0.2, 0.25) is 0 Å². The number of halogens is 1. The van der Waals surface area contributed by atoms with E-state index >= 15 is 0 Å². The third-order valence-corrected chi connectivity index (χ3v) is 5.15. The molecule has 0 bridgehead atoms. The van der Waals surface area contributed by atoms with Gasteiger partial charge in [-0.25, -0.2) is 17.5 Å². The first kappa shape index (κ1) is 16.9. The third kappa shape index (κ3) is 3.68. The maximum absolute atomic E-state index is 13.1. The van der Waals surface area contributed by atoms with Crippen LogP contribution in [0.15, 0.2) is 23.1 Å². The molecule has 0 heterocycles. The average molecular weight is 304 g/mol. The van der Waals surface area contributed by atoms with Crippen LogP contribution in [0.25, 0.3) is 0 Å². The van der Waals surface area contributed by atoms with E-state index in [1.807, 2.05) is 13.8 Å². The Balaban J connectivity index is 2.92. The van der Waals surface area contributed by atoms with Gasteiger partial charge in [0.15, 0.2) is 0 Å². The summed E-state index contributed by atoms with van der Waals surface area (Å²) in [6, 6.07) is 3.26. The highest BCUT2D eigenvalue weighted by molar-refractivity contribution is 7.89. The van der Waals surface area contributed by atoms with Crippen molar-refractivity contribution in [2.24, 2.45) is 5.41 Å². The monoisotopic (exact) mass is 304 g/mol. The number of sulfonamides is 1. The first-order chi connectivity index (χ1) is 9.30. The van der Waals surface area contributed by atoms with E-state index in [0.29, 0.717) is 12.8 Å². The van der Waals surface area contributed by atoms with Gasteiger partial charge in [-0.05, 0) is 31.0 Å². The highest BCUT2D eigenvalue weighted by atomic mass is 32.2. The van der Waals surface area contributed by atoms with E-state index in [4.69, 9.17) is 5.73 Å². The number of aliphatic hydroxyl groups is 1. The zero-order chi connectivity index (χ0) is 15.4. The number of hydrogen-bond acceptors (Lipinski definition) is 4. The van der Waals surface area contributed by atoms with E-state index in [0.717, 1.165) is 18.2 Å². The Morgan fingerprint density at radius 2 is 1.95 bits per heavy atom. The summed E-state index contributed by atoms with van der Waals surface area (Å²) >= 11 is 0. The highest BCUT2D eigenvalue weighted by Crippen LogP contribution is 2.25. The van der Waals surface area contributed by atoms with Gasteiger partial charge < -0.3 is 10.8 Å². The number of hydrogen-bond donors (Lipinski definition) is 3. The van der Waals surface area contributed by atoms with Crippen LogP contribution in [0.5, 0.6) is 0 Å². The van der Waals surface area contributed by atoms with E-state index in [2.05, 4.69) is 4.72 Å². The molecule has 0 aliphatic carbocycles. The number of rotatable bonds is 7. The molecule has 0 aliphatic heterocycles. The molecule has 20 heavy (non-hydrogen) atoms. The topological polar surface area (TPSA) is 92.4 Å². The summed E-state index contributed by atoms with van der Waals surface area (Å²) in [4.78, 5) is -0.0876. The van der Waals surface area contributed by atoms with Gasteiger partial charge in [0.05, 0.1) is 10.6 Å². The SMILES string of the molecule is CCC(CC)(CO)CNS(=O)(=O)c1ccc(F)c(N)c1. The number of nitrogens with two attached hydrogens (primary N) is 1. The van der Waals surface area contributed by atoms with Gasteiger partial charge in [0.25, 0.3) is 0 Å². The molecule has 0 atom stereocenters. The van der Waals surface area contributed by atoms with Gasteiger partial charge in [0.2, 0.25) is 10.0 Å². The molecule has 1 aromatic rings. The first-order valence-electron chi connectivity index (χ1n) is 6.46. The zero-order valence-electron chi connectivity index (χ0n) is 11.7. The highest BCUT2D eigenvalue weighted by Gasteiger charge is 2.28. The molecule has 0 unspecified atom stereocenters. The molecule has 1 rings (SSSR count). The number of benzene rings is 1. The number of nitrogens with one attached hydrogen (secondary N) is 1. The van der Waals surface area contributed by atoms with Crippen molar-refractivity contribution >= 4 is 15.7 Å². The fraction of sp³-hybridized carbons (Fsp3) is 0.538. The Labute approximate surface area is 119 Å². The lowest BCUT2D eigenvalue weighted by Gasteiger charge is -2.29. The molecule has 4 N–H and O–H groups in total. The van der Waals surface area contributed by atoms with Gasteiger partial charge in [0.1, 0.15) is 5.82 Å². The molecule has 0 amide bonds. The minimum atomic E-state index is -3.77. The minimum absolute atomic E-state index is 0.0876. The maximum Gasteiger partial charge on any atom is 0.240 e. The fourth-order valence-corrected chi connectivity index (χ4v) is 2.99. The Morgan fingerprint density at radius 1 is 1.35 bits per heavy atom. The van der Waals surface area contributed by atoms with Gasteiger partial charge in [0, 0.05) is 18.6 Å². The summed E-state index contributed by atoms with van der Waals surface area (Å²) in [5.74, 6) is -0.657. The standard InChI is InChI=1S/C13H21FN2O3S/c1-3-13(4-2,9-17)8-16-20(18,19)10-5-6-11(14)12(15)7-10/h5-7,16-17H,3-4,8-9,15H2,1-2H3. The second kappa shape index (κ2) is 6.51. The van der Waals surface area contributed by atoms with Crippen molar-refractivity contribution in [3.8, 4) is 0 Å². The van der Waals surface area contributed by atoms with Crippen molar-refractivity contribution < 1.29 is 17.9 Å². The van der Waals surface area contributed by atoms with Crippen molar-refractivity contribution in [1.82, 2.24) is 4.72 Å². The molecule has 114 valence electrons. The van der Waals surface area contributed by atoms with Crippen molar-refractivity contribution in [1.29, 1.82) is 0 Å². The predicted molar refractivity (Wildman–Crippen MR) is 76.1 cm³/mol. The Morgan fingerprint density at radius 3 is 2.40 bits per heavy atom. The molecule has 1 aromatic carbocycles. The van der Waals surface area contributed by atoms with E-state index < -0.39 is 21.3 Å². The molecule has 0 spiro atoms. The molecular weight excluding hydrogens is 283 g/mol. The van der Waals surface area contributed by atoms with Gasteiger partial charge in [-0.15, -0.1) is 0 Å². The second-order valence-corrected chi connectivity index (χ2v) is 6.64. The van der Waals surface area contributed by atoms with Crippen LogP contribution in [0.1, 0.15) is 26.7 Å². The van der Waals surface area contributed by atoms with Gasteiger partial charge in [-0.2, -0.15) is 0 Å². The van der Waals surface area contributed by atoms with Crippen molar-refractivity contribution in [3.63, 3.8) is 0 Å². The number of anilines is 1. The van der Waals surface area contributed by atoms with Crippen LogP contribution < -0.4 is 10.5 Å². The maximum atomic E-state index is 13.1. The van der Waals surface area contributed by atoms with Crippen LogP contribution in [-0.4, -0.2) is 26.7 Å². The Hall–Kier alpha value is -1.18. The van der Waals surface area contributed by atoms with Crippen molar-refractivity contribution in [2.45, 2.75) is 31.6 Å². The number of aliphatic hydroxyl groups excluding tert-OH is 1. The van der Waals surface area contributed by atoms with Gasteiger partial charge in [-0.3, -0.25) is 0 Å². The average Bonchev–Trinajstić information content (AvgIpc) is 2.44. The molecule has 7 heteroatoms. The molecule has 0 saturated carbocycles. The lowest BCUT2D eigenvalue weighted by atomic mass is 9.84. The summed E-state index contributed by atoms with van der Waals surface area (Å²) in [7, 11) is -3.77. The van der Waals surface area contributed by atoms with Gasteiger partial charge >= 0.3 is 0 Å². The summed E-state index contributed by atoms with van der Waals surface area (Å²) in [5.41, 5.74) is 4.67. The van der Waals surface area contributed by atoms with Crippen molar-refractivity contribution in [3.05, 3.63) is 24.0 Å². The summed E-state index contributed by atoms with van der Waals surface area (Å²) in [6.45, 7) is 3.80. The first-order valence-corrected chi connectivity index (χ1v) is 7.94. The van der Waals surface area contributed by atoms with E-state index in [-0.39, 0.29) is 23.7 Å². The molecule has 0 aromatic heterocycles. The molecular formula is C13H21FN2O3S. The molecule has 0 saturated heterocycles. The second-order valence-electron chi connectivity index (χ2n) is 4.87. The van der Waals surface area contributed by atoms with Crippen molar-refractivity contribution in [2.75, 3.05) is 18.9 Å². The molecule has 0 aliphatic rings. The van der Waals surface area contributed by atoms with Crippen LogP contribution in [0, 0.1) is 11.2 Å². The Kier molecular flexibility index (Phi) is 5.50. The van der Waals surface area contributed by atoms with Gasteiger partial charge in [-0.1, -0.05) is 13.8 Å². The van der Waals surface area contributed by atoms with Crippen LogP contribution >= 0.6 is 0 Å². The van der Waals surface area contributed by atoms with Crippen LogP contribution in [0.3, 0.4) is 0 Å².